The van der Waals surface area contributed by atoms with Crippen LogP contribution in [-0.2, 0) is 4.79 Å². The summed E-state index contributed by atoms with van der Waals surface area (Å²) in [6, 6.07) is 1.84. The van der Waals surface area contributed by atoms with E-state index in [-0.39, 0.29) is 5.91 Å². The Hall–Kier alpha value is -1.65. The lowest BCUT2D eigenvalue weighted by atomic mass is 10.2. The van der Waals surface area contributed by atoms with Gasteiger partial charge in [-0.2, -0.15) is 0 Å². The van der Waals surface area contributed by atoms with E-state index in [1.54, 1.807) is 11.2 Å². The molecule has 0 saturated carbocycles. The Bertz CT molecular complexity index is 366. The van der Waals surface area contributed by atoms with Crippen molar-refractivity contribution in [1.82, 2.24) is 15.4 Å². The molecular formula is C10H14N4O. The molecule has 0 spiro atoms. The van der Waals surface area contributed by atoms with E-state index in [0.717, 1.165) is 25.1 Å². The van der Waals surface area contributed by atoms with E-state index in [0.29, 0.717) is 12.4 Å². The normalized spacial score (nSPS) is 17.1. The molecule has 1 saturated heterocycles. The van der Waals surface area contributed by atoms with Crippen molar-refractivity contribution in [1.29, 1.82) is 0 Å². The summed E-state index contributed by atoms with van der Waals surface area (Å²) in [6.45, 7) is 2.68. The van der Waals surface area contributed by atoms with Gasteiger partial charge in [0.1, 0.15) is 0 Å². The Kier molecular flexibility index (Phi) is 2.80. The maximum atomic E-state index is 11.3. The lowest BCUT2D eigenvalue weighted by Crippen LogP contribution is -2.42. The molecule has 1 aliphatic heterocycles. The Morgan fingerprint density at radius 1 is 1.47 bits per heavy atom. The first kappa shape index (κ1) is 9.89. The zero-order valence-corrected chi connectivity index (χ0v) is 8.73. The summed E-state index contributed by atoms with van der Waals surface area (Å²) < 4.78 is 0. The molecule has 1 amide bonds. The highest BCUT2D eigenvalue weighted by Crippen LogP contribution is 2.10. The Morgan fingerprint density at radius 3 is 3.13 bits per heavy atom. The van der Waals surface area contributed by atoms with Crippen molar-refractivity contribution in [2.45, 2.75) is 26.2 Å². The van der Waals surface area contributed by atoms with Crippen LogP contribution in [0.2, 0.25) is 0 Å². The molecule has 0 aliphatic carbocycles. The quantitative estimate of drug-likeness (QED) is 0.738. The van der Waals surface area contributed by atoms with Crippen molar-refractivity contribution < 1.29 is 4.79 Å². The molecule has 0 atom stereocenters. The fourth-order valence-electron chi connectivity index (χ4n) is 1.53. The lowest BCUT2D eigenvalue weighted by Gasteiger charge is -2.20. The monoisotopic (exact) mass is 206 g/mol. The third-order valence-corrected chi connectivity index (χ3v) is 2.32. The summed E-state index contributed by atoms with van der Waals surface area (Å²) in [7, 11) is 0. The largest absolute Gasteiger partial charge is 0.273 e. The topological polar surface area (TPSA) is 58.1 Å². The van der Waals surface area contributed by atoms with Crippen molar-refractivity contribution in [2.75, 3.05) is 11.6 Å². The van der Waals surface area contributed by atoms with E-state index in [9.17, 15) is 4.79 Å². The van der Waals surface area contributed by atoms with Gasteiger partial charge in [-0.05, 0) is 25.8 Å². The summed E-state index contributed by atoms with van der Waals surface area (Å²) in [4.78, 5) is 19.8. The molecule has 0 radical (unpaired) electrons. The number of amides is 1. The molecule has 5 heteroatoms. The number of hydrogen-bond acceptors (Lipinski definition) is 4. The van der Waals surface area contributed by atoms with E-state index in [2.05, 4.69) is 15.4 Å². The summed E-state index contributed by atoms with van der Waals surface area (Å²) in [5.41, 5.74) is 3.69. The third kappa shape index (κ3) is 2.43. The van der Waals surface area contributed by atoms with E-state index >= 15 is 0 Å². The zero-order chi connectivity index (χ0) is 10.7. The van der Waals surface area contributed by atoms with Crippen LogP contribution in [0.1, 0.15) is 25.0 Å². The van der Waals surface area contributed by atoms with Crippen LogP contribution < -0.4 is 10.4 Å². The standard InChI is InChI=1S/C10H14N4O/c1-8-5-6-11-10(12-8)14-7-3-2-4-9(15)13-14/h5-6H,2-4,7H2,1H3,(H,13,15). The number of hydrazine groups is 1. The highest BCUT2D eigenvalue weighted by Gasteiger charge is 2.16. The first-order valence-corrected chi connectivity index (χ1v) is 5.12. The van der Waals surface area contributed by atoms with Gasteiger partial charge in [-0.25, -0.2) is 9.97 Å². The molecule has 5 nitrogen and oxygen atoms in total. The molecule has 1 aliphatic rings. The van der Waals surface area contributed by atoms with Gasteiger partial charge in [-0.3, -0.25) is 15.2 Å². The molecule has 0 unspecified atom stereocenters. The molecule has 1 N–H and O–H groups in total. The smallest absolute Gasteiger partial charge is 0.244 e. The highest BCUT2D eigenvalue weighted by atomic mass is 16.2. The number of anilines is 1. The average molecular weight is 206 g/mol. The fraction of sp³-hybridized carbons (Fsp3) is 0.500. The minimum Gasteiger partial charge on any atom is -0.273 e. The number of nitrogens with zero attached hydrogens (tertiary/aromatic N) is 3. The van der Waals surface area contributed by atoms with Crippen LogP contribution in [0.3, 0.4) is 0 Å². The summed E-state index contributed by atoms with van der Waals surface area (Å²) >= 11 is 0. The minimum absolute atomic E-state index is 0.0395. The van der Waals surface area contributed by atoms with Gasteiger partial charge in [0.15, 0.2) is 0 Å². The second kappa shape index (κ2) is 4.25. The van der Waals surface area contributed by atoms with Gasteiger partial charge in [0.05, 0.1) is 0 Å². The van der Waals surface area contributed by atoms with Crippen molar-refractivity contribution in [3.63, 3.8) is 0 Å². The highest BCUT2D eigenvalue weighted by molar-refractivity contribution is 5.77. The lowest BCUT2D eigenvalue weighted by molar-refractivity contribution is -0.121. The van der Waals surface area contributed by atoms with Gasteiger partial charge >= 0.3 is 0 Å². The molecule has 0 aromatic carbocycles. The van der Waals surface area contributed by atoms with Gasteiger partial charge in [0, 0.05) is 24.9 Å². The first-order valence-electron chi connectivity index (χ1n) is 5.12. The van der Waals surface area contributed by atoms with Crippen LogP contribution in [0, 0.1) is 6.92 Å². The van der Waals surface area contributed by atoms with Crippen molar-refractivity contribution in [3.8, 4) is 0 Å². The van der Waals surface area contributed by atoms with E-state index in [1.165, 1.54) is 0 Å². The van der Waals surface area contributed by atoms with Crippen LogP contribution in [-0.4, -0.2) is 22.4 Å². The SMILES string of the molecule is Cc1ccnc(N2CCCCC(=O)N2)n1. The number of nitrogens with one attached hydrogen (secondary N) is 1. The molecule has 2 heterocycles. The van der Waals surface area contributed by atoms with Crippen molar-refractivity contribution in [3.05, 3.63) is 18.0 Å². The molecule has 1 aromatic heterocycles. The molecule has 80 valence electrons. The molecular weight excluding hydrogens is 192 g/mol. The summed E-state index contributed by atoms with van der Waals surface area (Å²) in [6.07, 6.45) is 4.20. The fourth-order valence-corrected chi connectivity index (χ4v) is 1.53. The van der Waals surface area contributed by atoms with E-state index < -0.39 is 0 Å². The van der Waals surface area contributed by atoms with Gasteiger partial charge in [0.25, 0.3) is 0 Å². The Balaban J connectivity index is 2.18. The maximum absolute atomic E-state index is 11.3. The summed E-state index contributed by atoms with van der Waals surface area (Å²) in [5.74, 6) is 0.614. The van der Waals surface area contributed by atoms with Gasteiger partial charge < -0.3 is 0 Å². The van der Waals surface area contributed by atoms with Crippen LogP contribution >= 0.6 is 0 Å². The minimum atomic E-state index is 0.0395. The molecule has 1 aromatic rings. The number of carbonyl (C=O) groups is 1. The van der Waals surface area contributed by atoms with Crippen LogP contribution in [0.4, 0.5) is 5.95 Å². The average Bonchev–Trinajstić information content (AvgIpc) is 2.43. The van der Waals surface area contributed by atoms with Gasteiger partial charge in [0.2, 0.25) is 11.9 Å². The summed E-state index contributed by atoms with van der Waals surface area (Å²) in [5, 5.41) is 1.72. The molecule has 2 rings (SSSR count). The predicted octanol–water partition coefficient (Wildman–Crippen LogP) is 0.807. The zero-order valence-electron chi connectivity index (χ0n) is 8.73. The number of rotatable bonds is 1. The second-order valence-electron chi connectivity index (χ2n) is 3.64. The maximum Gasteiger partial charge on any atom is 0.244 e. The first-order chi connectivity index (χ1) is 7.25. The number of aromatic nitrogens is 2. The van der Waals surface area contributed by atoms with Crippen LogP contribution in [0.25, 0.3) is 0 Å². The number of carbonyl (C=O) groups excluding carboxylic acids is 1. The third-order valence-electron chi connectivity index (χ3n) is 2.32. The van der Waals surface area contributed by atoms with Crippen molar-refractivity contribution in [2.24, 2.45) is 0 Å². The molecule has 0 bridgehead atoms. The number of hydrogen-bond donors (Lipinski definition) is 1. The van der Waals surface area contributed by atoms with Crippen molar-refractivity contribution >= 4 is 11.9 Å². The number of aryl methyl sites for hydroxylation is 1. The van der Waals surface area contributed by atoms with E-state index in [4.69, 9.17) is 0 Å². The second-order valence-corrected chi connectivity index (χ2v) is 3.64. The Morgan fingerprint density at radius 2 is 2.33 bits per heavy atom. The van der Waals surface area contributed by atoms with Crippen LogP contribution in [0.15, 0.2) is 12.3 Å². The Labute approximate surface area is 88.5 Å². The van der Waals surface area contributed by atoms with E-state index in [1.807, 2.05) is 13.0 Å². The molecule has 15 heavy (non-hydrogen) atoms. The molecule has 1 fully saturated rings. The van der Waals surface area contributed by atoms with Crippen LogP contribution in [0.5, 0.6) is 0 Å². The predicted molar refractivity (Wildman–Crippen MR) is 56.1 cm³/mol. The van der Waals surface area contributed by atoms with Gasteiger partial charge in [-0.15, -0.1) is 0 Å². The van der Waals surface area contributed by atoms with Gasteiger partial charge in [-0.1, -0.05) is 0 Å².